The maximum absolute atomic E-state index is 10.8. The van der Waals surface area contributed by atoms with Crippen LogP contribution >= 0.6 is 15.9 Å². The summed E-state index contributed by atoms with van der Waals surface area (Å²) in [5.41, 5.74) is 0.185. The molecule has 0 bridgehead atoms. The van der Waals surface area contributed by atoms with Crippen molar-refractivity contribution < 1.29 is 14.7 Å². The van der Waals surface area contributed by atoms with Gasteiger partial charge in [-0.1, -0.05) is 12.1 Å². The van der Waals surface area contributed by atoms with E-state index in [1.165, 1.54) is 12.1 Å². The van der Waals surface area contributed by atoms with E-state index >= 15 is 0 Å². The van der Waals surface area contributed by atoms with Gasteiger partial charge in [0.1, 0.15) is 0 Å². The number of carbonyl (C=O) groups excluding carboxylic acids is 1. The van der Waals surface area contributed by atoms with Gasteiger partial charge in [0.05, 0.1) is 5.56 Å². The van der Waals surface area contributed by atoms with Gasteiger partial charge in [0.25, 0.3) is 0 Å². The molecule has 0 spiro atoms. The molecule has 0 atom stereocenters. The molecule has 0 heterocycles. The zero-order valence-corrected chi connectivity index (χ0v) is 7.54. The molecule has 0 aromatic heterocycles. The van der Waals surface area contributed by atoms with E-state index in [9.17, 15) is 9.59 Å². The number of carboxylic acid groups (broad SMARTS) is 1. The zero-order valence-electron chi connectivity index (χ0n) is 5.95. The third-order valence-electron chi connectivity index (χ3n) is 1.37. The Hall–Kier alpha value is -1.16. The molecule has 0 saturated heterocycles. The second kappa shape index (κ2) is 3.49. The minimum absolute atomic E-state index is 0.0133. The van der Waals surface area contributed by atoms with Crippen molar-refractivity contribution in [2.24, 2.45) is 0 Å². The van der Waals surface area contributed by atoms with Crippen LogP contribution in [0.1, 0.15) is 20.7 Å². The third kappa shape index (κ3) is 1.71. The minimum Gasteiger partial charge on any atom is -0.478 e. The van der Waals surface area contributed by atoms with Crippen LogP contribution in [-0.2, 0) is 0 Å². The molecule has 0 radical (unpaired) electrons. The molecular formula is C8H5BrO3. The molecule has 0 fully saturated rings. The lowest BCUT2D eigenvalue weighted by atomic mass is 10.1. The Morgan fingerprint density at radius 2 is 1.67 bits per heavy atom. The predicted molar refractivity (Wildman–Crippen MR) is 46.7 cm³/mol. The molecule has 0 aliphatic carbocycles. The fraction of sp³-hybridized carbons (Fsp3) is 0. The van der Waals surface area contributed by atoms with Crippen molar-refractivity contribution >= 4 is 26.6 Å². The molecule has 4 heteroatoms. The van der Waals surface area contributed by atoms with Gasteiger partial charge in [-0.3, -0.25) is 4.79 Å². The summed E-state index contributed by atoms with van der Waals surface area (Å²) in [6, 6.07) is 6.03. The Bertz CT molecular complexity index is 300. The number of rotatable bonds is 2. The lowest BCUT2D eigenvalue weighted by Crippen LogP contribution is -2.03. The highest BCUT2D eigenvalue weighted by atomic mass is 79.9. The second-order valence-corrected chi connectivity index (χ2v) is 2.84. The molecule has 0 saturated carbocycles. The van der Waals surface area contributed by atoms with Crippen LogP contribution in [-0.4, -0.2) is 15.8 Å². The molecule has 0 aliphatic heterocycles. The first-order chi connectivity index (χ1) is 5.63. The third-order valence-corrected chi connectivity index (χ3v) is 1.80. The average molecular weight is 229 g/mol. The first-order valence-corrected chi connectivity index (χ1v) is 3.94. The van der Waals surface area contributed by atoms with Crippen molar-refractivity contribution in [2.75, 3.05) is 0 Å². The van der Waals surface area contributed by atoms with Crippen molar-refractivity contribution in [2.45, 2.75) is 0 Å². The van der Waals surface area contributed by atoms with Gasteiger partial charge in [-0.25, -0.2) is 4.79 Å². The van der Waals surface area contributed by atoms with Gasteiger partial charge in [0, 0.05) is 5.56 Å². The van der Waals surface area contributed by atoms with Crippen LogP contribution in [0.15, 0.2) is 24.3 Å². The number of benzene rings is 1. The molecule has 1 aromatic carbocycles. The molecule has 3 nitrogen and oxygen atoms in total. The summed E-state index contributed by atoms with van der Waals surface area (Å²) in [5, 5.41) is 8.64. The van der Waals surface area contributed by atoms with Crippen LogP contribution in [0.3, 0.4) is 0 Å². The van der Waals surface area contributed by atoms with Crippen LogP contribution in [0.25, 0.3) is 0 Å². The minimum atomic E-state index is -1.10. The number of carbonyl (C=O) groups is 2. The van der Waals surface area contributed by atoms with Crippen LogP contribution in [0.5, 0.6) is 0 Å². The standard InChI is InChI=1S/C8H5BrO3/c9-7(10)5-3-1-2-4-6(5)8(11)12/h1-4H,(H,11,12). The molecule has 0 unspecified atom stereocenters. The summed E-state index contributed by atoms with van der Waals surface area (Å²) in [5.74, 6) is -1.10. The van der Waals surface area contributed by atoms with E-state index in [-0.39, 0.29) is 11.1 Å². The van der Waals surface area contributed by atoms with E-state index in [4.69, 9.17) is 5.11 Å². The van der Waals surface area contributed by atoms with Crippen LogP contribution in [0.4, 0.5) is 0 Å². The molecule has 0 amide bonds. The van der Waals surface area contributed by atoms with Gasteiger partial charge in [-0.15, -0.1) is 0 Å². The first-order valence-electron chi connectivity index (χ1n) is 3.15. The number of hydrogen-bond acceptors (Lipinski definition) is 2. The summed E-state index contributed by atoms with van der Waals surface area (Å²) >= 11 is 2.70. The number of carboxylic acids is 1. The van der Waals surface area contributed by atoms with Crippen LogP contribution in [0, 0.1) is 0 Å². The van der Waals surface area contributed by atoms with Crippen LogP contribution < -0.4 is 0 Å². The summed E-state index contributed by atoms with van der Waals surface area (Å²) < 4.78 is -0.416. The molecule has 0 aliphatic rings. The lowest BCUT2D eigenvalue weighted by Gasteiger charge is -1.98. The quantitative estimate of drug-likeness (QED) is 0.788. The van der Waals surface area contributed by atoms with Gasteiger partial charge in [-0.05, 0) is 28.1 Å². The fourth-order valence-electron chi connectivity index (χ4n) is 0.841. The molecule has 62 valence electrons. The van der Waals surface area contributed by atoms with Gasteiger partial charge in [0.2, 0.25) is 4.69 Å². The van der Waals surface area contributed by atoms with Gasteiger partial charge >= 0.3 is 5.97 Å². The highest BCUT2D eigenvalue weighted by Crippen LogP contribution is 2.12. The lowest BCUT2D eigenvalue weighted by molar-refractivity contribution is 0.0693. The highest BCUT2D eigenvalue weighted by Gasteiger charge is 2.12. The van der Waals surface area contributed by atoms with Crippen LogP contribution in [0.2, 0.25) is 0 Å². The predicted octanol–water partition coefficient (Wildman–Crippen LogP) is 1.92. The average Bonchev–Trinajstić information content (AvgIpc) is 2.04. The summed E-state index contributed by atoms with van der Waals surface area (Å²) in [6.45, 7) is 0. The van der Waals surface area contributed by atoms with E-state index in [0.29, 0.717) is 0 Å². The molecule has 1 N–H and O–H groups in total. The Kier molecular flexibility index (Phi) is 2.60. The molecule has 1 rings (SSSR count). The summed E-state index contributed by atoms with van der Waals surface area (Å²) in [7, 11) is 0. The highest BCUT2D eigenvalue weighted by molar-refractivity contribution is 9.18. The summed E-state index contributed by atoms with van der Waals surface area (Å²) in [6.07, 6.45) is 0. The van der Waals surface area contributed by atoms with Gasteiger partial charge < -0.3 is 5.11 Å². The van der Waals surface area contributed by atoms with Crippen molar-refractivity contribution in [1.29, 1.82) is 0 Å². The number of halogens is 1. The largest absolute Gasteiger partial charge is 0.478 e. The topological polar surface area (TPSA) is 54.4 Å². The van der Waals surface area contributed by atoms with Crippen molar-refractivity contribution in [3.05, 3.63) is 35.4 Å². The Labute approximate surface area is 77.1 Å². The van der Waals surface area contributed by atoms with Crippen molar-refractivity contribution in [3.63, 3.8) is 0 Å². The van der Waals surface area contributed by atoms with E-state index < -0.39 is 10.7 Å². The van der Waals surface area contributed by atoms with E-state index in [0.717, 1.165) is 0 Å². The monoisotopic (exact) mass is 228 g/mol. The van der Waals surface area contributed by atoms with Gasteiger partial charge in [-0.2, -0.15) is 0 Å². The zero-order chi connectivity index (χ0) is 9.14. The number of hydrogen-bond donors (Lipinski definition) is 1. The van der Waals surface area contributed by atoms with Gasteiger partial charge in [0.15, 0.2) is 0 Å². The molecule has 12 heavy (non-hydrogen) atoms. The van der Waals surface area contributed by atoms with E-state index in [1.807, 2.05) is 0 Å². The first kappa shape index (κ1) is 8.93. The van der Waals surface area contributed by atoms with Crippen molar-refractivity contribution in [3.8, 4) is 0 Å². The maximum Gasteiger partial charge on any atom is 0.336 e. The Morgan fingerprint density at radius 3 is 2.00 bits per heavy atom. The van der Waals surface area contributed by atoms with E-state index in [2.05, 4.69) is 15.9 Å². The number of aromatic carboxylic acids is 1. The SMILES string of the molecule is O=C(O)c1ccccc1C(=O)Br. The maximum atomic E-state index is 10.8. The van der Waals surface area contributed by atoms with E-state index in [1.54, 1.807) is 12.1 Å². The fourth-order valence-corrected chi connectivity index (χ4v) is 1.19. The molecule has 1 aromatic rings. The normalized spacial score (nSPS) is 9.42. The Balaban J connectivity index is 3.27. The molecular weight excluding hydrogens is 224 g/mol. The Morgan fingerprint density at radius 1 is 1.17 bits per heavy atom. The second-order valence-electron chi connectivity index (χ2n) is 2.12. The smallest absolute Gasteiger partial charge is 0.336 e. The summed E-state index contributed by atoms with van der Waals surface area (Å²) in [4.78, 5) is 21.4. The van der Waals surface area contributed by atoms with Crippen molar-refractivity contribution in [1.82, 2.24) is 0 Å².